The van der Waals surface area contributed by atoms with Crippen LogP contribution in [0.4, 0.5) is 23.0 Å². The molecule has 4 atom stereocenters. The normalized spacial score (nSPS) is 19.2. The molecule has 16 nitrogen and oxygen atoms in total. The predicted molar refractivity (Wildman–Crippen MR) is 199 cm³/mol. The van der Waals surface area contributed by atoms with Crippen LogP contribution in [0.5, 0.6) is 0 Å². The Kier molecular flexibility index (Phi) is 12.6. The van der Waals surface area contributed by atoms with Crippen LogP contribution in [-0.4, -0.2) is 65.6 Å². The summed E-state index contributed by atoms with van der Waals surface area (Å²) in [5.74, 6) is -2.31. The van der Waals surface area contributed by atoms with E-state index < -0.39 is 23.8 Å². The van der Waals surface area contributed by atoms with Crippen molar-refractivity contribution in [3.8, 4) is 0 Å². The average Bonchev–Trinajstić information content (AvgIpc) is 3.78. The van der Waals surface area contributed by atoms with Gasteiger partial charge in [0.25, 0.3) is 11.8 Å². The number of carboxylic acids is 2. The van der Waals surface area contributed by atoms with Crippen LogP contribution in [0.15, 0.2) is 60.9 Å². The van der Waals surface area contributed by atoms with Gasteiger partial charge in [-0.05, 0) is 61.1 Å². The van der Waals surface area contributed by atoms with Crippen LogP contribution in [0.2, 0.25) is 0 Å². The zero-order valence-corrected chi connectivity index (χ0v) is 29.5. The van der Waals surface area contributed by atoms with Crippen molar-refractivity contribution in [2.75, 3.05) is 10.6 Å². The Hall–Kier alpha value is -6.68. The number of anilines is 4. The Morgan fingerprint density at radius 1 is 0.648 bits per heavy atom. The Morgan fingerprint density at radius 3 is 1.31 bits per heavy atom. The lowest BCUT2D eigenvalue weighted by Crippen LogP contribution is -2.25. The molecule has 2 amide bonds. The second kappa shape index (κ2) is 17.7. The number of hydrogen-bond donors (Lipinski definition) is 6. The first-order valence-electron chi connectivity index (χ1n) is 17.6. The van der Waals surface area contributed by atoms with E-state index in [1.807, 2.05) is 0 Å². The van der Waals surface area contributed by atoms with Gasteiger partial charge in [0.15, 0.2) is 11.6 Å². The first kappa shape index (κ1) is 38.5. The summed E-state index contributed by atoms with van der Waals surface area (Å²) in [7, 11) is 0. The average molecular weight is 735 g/mol. The number of nitrogens with one attached hydrogen (secondary N) is 2. The molecule has 16 heteroatoms. The molecule has 6 rings (SSSR count). The number of nitrogens with two attached hydrogens (primary N) is 2. The molecule has 2 aliphatic carbocycles. The smallest absolute Gasteiger partial charge is 0.307 e. The van der Waals surface area contributed by atoms with Gasteiger partial charge in [0.1, 0.15) is 23.2 Å². The molecule has 280 valence electrons. The molecule has 0 radical (unpaired) electrons. The molecular weight excluding hydrogens is 692 g/mol. The van der Waals surface area contributed by atoms with Crippen LogP contribution in [0.1, 0.15) is 95.3 Å². The maximum Gasteiger partial charge on any atom is 0.307 e. The molecule has 2 aliphatic rings. The van der Waals surface area contributed by atoms with Gasteiger partial charge in [0, 0.05) is 36.6 Å². The Labute approximate surface area is 311 Å². The Bertz CT molecular complexity index is 1910. The zero-order valence-electron chi connectivity index (χ0n) is 29.5. The van der Waals surface area contributed by atoms with E-state index in [0.29, 0.717) is 34.1 Å². The van der Waals surface area contributed by atoms with Gasteiger partial charge >= 0.3 is 11.9 Å². The van der Waals surface area contributed by atoms with Crippen molar-refractivity contribution in [2.24, 2.45) is 11.5 Å². The van der Waals surface area contributed by atoms with Gasteiger partial charge in [0.05, 0.1) is 12.8 Å². The molecule has 0 unspecified atom stereocenters. The van der Waals surface area contributed by atoms with Gasteiger partial charge in [-0.3, -0.25) is 28.5 Å². The number of carbonyl (C=O) groups excluding carboxylic acids is 2. The third-order valence-corrected chi connectivity index (χ3v) is 9.54. The summed E-state index contributed by atoms with van der Waals surface area (Å²) in [6, 6.07) is 13.3. The second-order valence-corrected chi connectivity index (χ2v) is 13.4. The number of rotatable bonds is 12. The van der Waals surface area contributed by atoms with Crippen molar-refractivity contribution < 1.29 is 29.4 Å². The molecule has 2 heterocycles. The molecule has 2 aromatic heterocycles. The van der Waals surface area contributed by atoms with E-state index in [2.05, 4.69) is 30.5 Å². The number of benzene rings is 2. The van der Waals surface area contributed by atoms with Crippen LogP contribution in [0.25, 0.3) is 9.69 Å². The molecule has 0 aliphatic heterocycles. The van der Waals surface area contributed by atoms with Crippen LogP contribution < -0.4 is 22.1 Å². The number of carbonyl (C=O) groups is 4. The zero-order chi connectivity index (χ0) is 38.8. The Balaban J connectivity index is 0.000000208. The van der Waals surface area contributed by atoms with Crippen LogP contribution in [-0.2, 0) is 22.4 Å². The van der Waals surface area contributed by atoms with Gasteiger partial charge in [-0.2, -0.15) is 10.2 Å². The highest BCUT2D eigenvalue weighted by molar-refractivity contribution is 5.98. The van der Waals surface area contributed by atoms with Crippen molar-refractivity contribution >= 4 is 46.8 Å². The number of primary amides is 2. The minimum absolute atomic E-state index is 0.0544. The first-order chi connectivity index (χ1) is 25.9. The molecule has 0 bridgehead atoms. The number of hydrogen-bond acceptors (Lipinski definition) is 8. The maximum atomic E-state index is 11.8. The summed E-state index contributed by atoms with van der Waals surface area (Å²) in [6.07, 6.45) is 10.6. The second-order valence-electron chi connectivity index (χ2n) is 13.4. The van der Waals surface area contributed by atoms with E-state index in [9.17, 15) is 19.2 Å². The number of aliphatic carboxylic acids is 2. The molecule has 4 aromatic rings. The van der Waals surface area contributed by atoms with Crippen molar-refractivity contribution in [3.05, 3.63) is 106 Å². The summed E-state index contributed by atoms with van der Waals surface area (Å²) >= 11 is 0. The first-order valence-corrected chi connectivity index (χ1v) is 17.6. The molecule has 0 spiro atoms. The van der Waals surface area contributed by atoms with E-state index in [4.69, 9.17) is 34.8 Å². The van der Waals surface area contributed by atoms with Gasteiger partial charge in [-0.15, -0.1) is 0 Å². The number of aromatic nitrogens is 4. The van der Waals surface area contributed by atoms with Gasteiger partial charge < -0.3 is 42.0 Å². The van der Waals surface area contributed by atoms with Crippen LogP contribution in [0, 0.1) is 13.1 Å². The monoisotopic (exact) mass is 734 g/mol. The summed E-state index contributed by atoms with van der Waals surface area (Å²) in [4.78, 5) is 52.6. The van der Waals surface area contributed by atoms with E-state index in [-0.39, 0.29) is 48.1 Å². The SMILES string of the molecule is [C-]#[N+][C@@H]1CCCC[C@@H]1n1cc(C(N)=O)c(Nc2ccc(CC(=O)O)cc2)n1.[C-]#[N+][C@H]1CCCC[C@@H]1n1cc(C(N)=O)c(Nc2ccc(CC(=O)O)cc2)n1. The largest absolute Gasteiger partial charge is 0.481 e. The predicted octanol–water partition coefficient (Wildman–Crippen LogP) is 5.51. The Morgan fingerprint density at radius 2 is 1.00 bits per heavy atom. The van der Waals surface area contributed by atoms with Crippen molar-refractivity contribution in [2.45, 2.75) is 88.4 Å². The third-order valence-electron chi connectivity index (χ3n) is 9.54. The fourth-order valence-electron chi connectivity index (χ4n) is 6.80. The lowest BCUT2D eigenvalue weighted by atomic mass is 9.91. The summed E-state index contributed by atoms with van der Waals surface area (Å²) < 4.78 is 3.37. The van der Waals surface area contributed by atoms with Crippen molar-refractivity contribution in [3.63, 3.8) is 0 Å². The molecular formula is C38H42N10O6. The topological polar surface area (TPSA) is 229 Å². The summed E-state index contributed by atoms with van der Waals surface area (Å²) in [5.41, 5.74) is 14.2. The molecule has 2 fully saturated rings. The standard InChI is InChI=1S/2C19H21N5O3/c2*1-21-15-4-2-3-5-16(15)24-11-14(18(20)27)19(23-24)22-13-8-6-12(7-9-13)10-17(25)26/h2*6-9,11,15-16H,2-5,10H2,(H2,20,27)(H,22,23)(H,25,26)/t15-,16+;15-,16-/m10/s1. The highest BCUT2D eigenvalue weighted by atomic mass is 16.4. The van der Waals surface area contributed by atoms with Gasteiger partial charge in [-0.1, -0.05) is 37.1 Å². The number of carboxylic acid groups (broad SMARTS) is 2. The molecule has 0 saturated heterocycles. The molecule has 8 N–H and O–H groups in total. The minimum Gasteiger partial charge on any atom is -0.481 e. The van der Waals surface area contributed by atoms with Gasteiger partial charge in [0.2, 0.25) is 12.1 Å². The quantitative estimate of drug-likeness (QED) is 0.1000. The molecule has 2 saturated carbocycles. The number of amides is 2. The van der Waals surface area contributed by atoms with Crippen LogP contribution >= 0.6 is 0 Å². The lowest BCUT2D eigenvalue weighted by Gasteiger charge is -2.23. The fourth-order valence-corrected chi connectivity index (χ4v) is 6.80. The molecule has 54 heavy (non-hydrogen) atoms. The fraction of sp³-hybridized carbons (Fsp3) is 0.368. The highest BCUT2D eigenvalue weighted by Crippen LogP contribution is 2.34. The number of nitrogens with zero attached hydrogens (tertiary/aromatic N) is 6. The minimum atomic E-state index is -0.896. The van der Waals surface area contributed by atoms with E-state index >= 15 is 0 Å². The van der Waals surface area contributed by atoms with Gasteiger partial charge in [-0.25, -0.2) is 13.1 Å². The lowest BCUT2D eigenvalue weighted by molar-refractivity contribution is -0.137. The van der Waals surface area contributed by atoms with Crippen molar-refractivity contribution in [1.29, 1.82) is 0 Å². The summed E-state index contributed by atoms with van der Waals surface area (Å²) in [6.45, 7) is 14.8. The van der Waals surface area contributed by atoms with E-state index in [0.717, 1.165) is 51.4 Å². The van der Waals surface area contributed by atoms with Crippen molar-refractivity contribution in [1.82, 2.24) is 19.6 Å². The van der Waals surface area contributed by atoms with E-state index in [1.54, 1.807) is 70.3 Å². The highest BCUT2D eigenvalue weighted by Gasteiger charge is 2.34. The summed E-state index contributed by atoms with van der Waals surface area (Å²) in [5, 5.41) is 32.8. The van der Waals surface area contributed by atoms with Crippen LogP contribution in [0.3, 0.4) is 0 Å². The van der Waals surface area contributed by atoms with E-state index in [1.165, 1.54) is 0 Å². The third kappa shape index (κ3) is 9.80. The molecule has 2 aromatic carbocycles. The maximum absolute atomic E-state index is 11.8.